The number of ether oxygens (including phenoxy) is 1. The minimum Gasteiger partial charge on any atom is -0.434 e. The van der Waals surface area contributed by atoms with Gasteiger partial charge in [-0.05, 0) is 40.8 Å². The summed E-state index contributed by atoms with van der Waals surface area (Å²) in [6.45, 7) is 0. The van der Waals surface area contributed by atoms with E-state index in [2.05, 4.69) is 27.6 Å². The van der Waals surface area contributed by atoms with Crippen LogP contribution in [0.5, 0.6) is 11.6 Å². The average Bonchev–Trinajstić information content (AvgIpc) is 2.39. The highest BCUT2D eigenvalue weighted by molar-refractivity contribution is 14.1. The van der Waals surface area contributed by atoms with Crippen LogP contribution in [0.25, 0.3) is 0 Å². The van der Waals surface area contributed by atoms with Gasteiger partial charge in [0.05, 0.1) is 10.5 Å². The Hall–Kier alpha value is -2.21. The highest BCUT2D eigenvalue weighted by Crippen LogP contribution is 2.30. The number of halogens is 1. The second-order valence-electron chi connectivity index (χ2n) is 3.48. The molecular formula is C12H6IN3O3. The number of pyridine rings is 1. The quantitative estimate of drug-likeness (QED) is 0.472. The maximum atomic E-state index is 10.9. The third-order valence-corrected chi connectivity index (χ3v) is 2.84. The molecule has 19 heavy (non-hydrogen) atoms. The van der Waals surface area contributed by atoms with Gasteiger partial charge >= 0.3 is 5.69 Å². The molecule has 0 unspecified atom stereocenters. The fraction of sp³-hybridized carbons (Fsp3) is 0. The number of aromatic nitrogens is 1. The molecule has 94 valence electrons. The molecule has 2 aromatic rings. The number of hydrogen-bond acceptors (Lipinski definition) is 5. The Balaban J connectivity index is 2.40. The van der Waals surface area contributed by atoms with Gasteiger partial charge in [-0.25, -0.2) is 4.98 Å². The van der Waals surface area contributed by atoms with Gasteiger partial charge < -0.3 is 4.74 Å². The van der Waals surface area contributed by atoms with Crippen molar-refractivity contribution in [2.45, 2.75) is 0 Å². The summed E-state index contributed by atoms with van der Waals surface area (Å²) in [7, 11) is 0. The monoisotopic (exact) mass is 367 g/mol. The Kier molecular flexibility index (Phi) is 3.91. The number of hydrogen-bond donors (Lipinski definition) is 0. The second-order valence-corrected chi connectivity index (χ2v) is 4.72. The Morgan fingerprint density at radius 2 is 2.21 bits per heavy atom. The average molecular weight is 367 g/mol. The van der Waals surface area contributed by atoms with Crippen LogP contribution in [-0.4, -0.2) is 9.91 Å². The first-order valence-electron chi connectivity index (χ1n) is 5.08. The van der Waals surface area contributed by atoms with Gasteiger partial charge in [0, 0.05) is 15.8 Å². The molecular weight excluding hydrogens is 361 g/mol. The molecule has 0 N–H and O–H groups in total. The normalized spacial score (nSPS) is 9.68. The SMILES string of the molecule is N#Cc1cnc(Oc2cccc(I)c2)c([N+](=O)[O-])c1. The van der Waals surface area contributed by atoms with Crippen LogP contribution < -0.4 is 4.74 Å². The lowest BCUT2D eigenvalue weighted by Gasteiger charge is -2.05. The molecule has 0 aliphatic rings. The number of nitro groups is 1. The summed E-state index contributed by atoms with van der Waals surface area (Å²) in [5, 5.41) is 19.6. The second kappa shape index (κ2) is 5.62. The van der Waals surface area contributed by atoms with Gasteiger partial charge in [0.1, 0.15) is 11.8 Å². The summed E-state index contributed by atoms with van der Waals surface area (Å²) >= 11 is 2.10. The summed E-state index contributed by atoms with van der Waals surface area (Å²) < 4.78 is 6.32. The van der Waals surface area contributed by atoms with Gasteiger partial charge in [-0.2, -0.15) is 5.26 Å². The van der Waals surface area contributed by atoms with Crippen molar-refractivity contribution in [3.8, 4) is 17.7 Å². The molecule has 0 saturated carbocycles. The predicted molar refractivity (Wildman–Crippen MR) is 74.8 cm³/mol. The van der Waals surface area contributed by atoms with Gasteiger partial charge in [-0.3, -0.25) is 10.1 Å². The summed E-state index contributed by atoms with van der Waals surface area (Å²) in [4.78, 5) is 14.1. The van der Waals surface area contributed by atoms with Crippen LogP contribution >= 0.6 is 22.6 Å². The summed E-state index contributed by atoms with van der Waals surface area (Å²) in [6.07, 6.45) is 1.23. The van der Waals surface area contributed by atoms with Crippen molar-refractivity contribution in [2.24, 2.45) is 0 Å². The maximum Gasteiger partial charge on any atom is 0.332 e. The van der Waals surface area contributed by atoms with Gasteiger partial charge in [-0.1, -0.05) is 6.07 Å². The minimum absolute atomic E-state index is 0.113. The van der Waals surface area contributed by atoms with Gasteiger partial charge in [-0.15, -0.1) is 0 Å². The molecule has 0 spiro atoms. The third-order valence-electron chi connectivity index (χ3n) is 2.17. The van der Waals surface area contributed by atoms with E-state index in [1.807, 2.05) is 6.07 Å². The van der Waals surface area contributed by atoms with Crippen molar-refractivity contribution in [3.05, 3.63) is 55.8 Å². The summed E-state index contributed by atoms with van der Waals surface area (Å²) in [6, 6.07) is 9.97. The fourth-order valence-electron chi connectivity index (χ4n) is 1.35. The van der Waals surface area contributed by atoms with Crippen molar-refractivity contribution >= 4 is 28.3 Å². The van der Waals surface area contributed by atoms with E-state index in [0.717, 1.165) is 9.64 Å². The Morgan fingerprint density at radius 1 is 1.42 bits per heavy atom. The maximum absolute atomic E-state index is 10.9. The highest BCUT2D eigenvalue weighted by Gasteiger charge is 2.18. The van der Waals surface area contributed by atoms with E-state index < -0.39 is 4.92 Å². The standard InChI is InChI=1S/C12H6IN3O3/c13-9-2-1-3-10(5-9)19-12-11(16(17)18)4-8(6-14)7-15-12/h1-5,7H. The van der Waals surface area contributed by atoms with Crippen LogP contribution in [0.2, 0.25) is 0 Å². The highest BCUT2D eigenvalue weighted by atomic mass is 127. The van der Waals surface area contributed by atoms with Crippen molar-refractivity contribution in [1.82, 2.24) is 4.98 Å². The number of benzene rings is 1. The lowest BCUT2D eigenvalue weighted by Crippen LogP contribution is -1.97. The van der Waals surface area contributed by atoms with E-state index in [4.69, 9.17) is 10.00 Å². The molecule has 1 heterocycles. The predicted octanol–water partition coefficient (Wildman–Crippen LogP) is 3.26. The van der Waals surface area contributed by atoms with Crippen molar-refractivity contribution < 1.29 is 9.66 Å². The first-order valence-corrected chi connectivity index (χ1v) is 6.16. The number of nitriles is 1. The van der Waals surface area contributed by atoms with Crippen LogP contribution in [0.4, 0.5) is 5.69 Å². The van der Waals surface area contributed by atoms with E-state index in [9.17, 15) is 10.1 Å². The minimum atomic E-state index is -0.628. The molecule has 0 radical (unpaired) electrons. The van der Waals surface area contributed by atoms with Crippen molar-refractivity contribution in [3.63, 3.8) is 0 Å². The zero-order valence-electron chi connectivity index (χ0n) is 9.41. The molecule has 0 aliphatic carbocycles. The lowest BCUT2D eigenvalue weighted by atomic mass is 10.3. The summed E-state index contributed by atoms with van der Waals surface area (Å²) in [5.74, 6) is 0.318. The van der Waals surface area contributed by atoms with Crippen LogP contribution in [0.1, 0.15) is 5.56 Å². The van der Waals surface area contributed by atoms with Crippen LogP contribution in [0.15, 0.2) is 36.5 Å². The molecule has 7 heteroatoms. The molecule has 2 rings (SSSR count). The van der Waals surface area contributed by atoms with Crippen molar-refractivity contribution in [2.75, 3.05) is 0 Å². The Bertz CT molecular complexity index is 682. The van der Waals surface area contributed by atoms with Gasteiger partial charge in [0.15, 0.2) is 0 Å². The molecule has 0 saturated heterocycles. The molecule has 0 atom stereocenters. The smallest absolute Gasteiger partial charge is 0.332 e. The van der Waals surface area contributed by atoms with E-state index in [0.29, 0.717) is 5.75 Å². The van der Waals surface area contributed by atoms with Crippen LogP contribution in [0.3, 0.4) is 0 Å². The lowest BCUT2D eigenvalue weighted by molar-refractivity contribution is -0.386. The van der Waals surface area contributed by atoms with Crippen LogP contribution in [0, 0.1) is 25.0 Å². The number of nitrogens with zero attached hydrogens (tertiary/aromatic N) is 3. The Morgan fingerprint density at radius 3 is 2.84 bits per heavy atom. The van der Waals surface area contributed by atoms with Gasteiger partial charge in [0.25, 0.3) is 5.88 Å². The molecule has 6 nitrogen and oxygen atoms in total. The third kappa shape index (κ3) is 3.17. The van der Waals surface area contributed by atoms with Gasteiger partial charge in [0.2, 0.25) is 0 Å². The fourth-order valence-corrected chi connectivity index (χ4v) is 1.87. The van der Waals surface area contributed by atoms with Crippen molar-refractivity contribution in [1.29, 1.82) is 5.26 Å². The zero-order chi connectivity index (χ0) is 13.8. The molecule has 0 amide bonds. The van der Waals surface area contributed by atoms with E-state index in [1.165, 1.54) is 6.20 Å². The number of rotatable bonds is 3. The molecule has 1 aromatic heterocycles. The topological polar surface area (TPSA) is 89.0 Å². The van der Waals surface area contributed by atoms with E-state index in [1.54, 1.807) is 24.3 Å². The molecule has 1 aromatic carbocycles. The van der Waals surface area contributed by atoms with E-state index >= 15 is 0 Å². The molecule has 0 fully saturated rings. The van der Waals surface area contributed by atoms with E-state index in [-0.39, 0.29) is 17.1 Å². The Labute approximate surface area is 121 Å². The zero-order valence-corrected chi connectivity index (χ0v) is 11.6. The van der Waals surface area contributed by atoms with Crippen LogP contribution in [-0.2, 0) is 0 Å². The molecule has 0 bridgehead atoms. The summed E-state index contributed by atoms with van der Waals surface area (Å²) in [5.41, 5.74) is -0.223. The largest absolute Gasteiger partial charge is 0.434 e. The first-order chi connectivity index (χ1) is 9.10. The molecule has 0 aliphatic heterocycles. The first kappa shape index (κ1) is 13.2.